The standard InChI is InChI=1S/C22H31N3O3S.HI/c1-5-23-22(25-16-19-6-10-20(11-7-19)28-17(2)3)24-15-14-18-8-12-21(13-9-18)29(4,26)27;/h6-13,17H,5,14-16H2,1-4H3,(H2,23,24,25);1H. The van der Waals surface area contributed by atoms with Crippen LogP contribution in [0, 0.1) is 0 Å². The van der Waals surface area contributed by atoms with Gasteiger partial charge in [-0.05, 0) is 62.6 Å². The van der Waals surface area contributed by atoms with E-state index in [-0.39, 0.29) is 30.1 Å². The van der Waals surface area contributed by atoms with E-state index in [4.69, 9.17) is 4.74 Å². The highest BCUT2D eigenvalue weighted by atomic mass is 127. The first-order valence-corrected chi connectivity index (χ1v) is 11.7. The summed E-state index contributed by atoms with van der Waals surface area (Å²) in [6, 6.07) is 15.0. The lowest BCUT2D eigenvalue weighted by molar-refractivity contribution is 0.242. The molecule has 2 aromatic carbocycles. The fraction of sp³-hybridized carbons (Fsp3) is 0.409. The highest BCUT2D eigenvalue weighted by molar-refractivity contribution is 14.0. The molecule has 8 heteroatoms. The van der Waals surface area contributed by atoms with Crippen molar-refractivity contribution >= 4 is 39.8 Å². The average Bonchev–Trinajstić information content (AvgIpc) is 2.66. The highest BCUT2D eigenvalue weighted by Crippen LogP contribution is 2.14. The van der Waals surface area contributed by atoms with Gasteiger partial charge in [-0.15, -0.1) is 24.0 Å². The third-order valence-electron chi connectivity index (χ3n) is 4.12. The Bertz CT molecular complexity index is 896. The molecule has 0 radical (unpaired) electrons. The Morgan fingerprint density at radius 3 is 2.13 bits per heavy atom. The quantitative estimate of drug-likeness (QED) is 0.285. The normalized spacial score (nSPS) is 11.7. The summed E-state index contributed by atoms with van der Waals surface area (Å²) in [4.78, 5) is 4.97. The van der Waals surface area contributed by atoms with Crippen LogP contribution in [0.4, 0.5) is 0 Å². The van der Waals surface area contributed by atoms with E-state index in [9.17, 15) is 8.42 Å². The van der Waals surface area contributed by atoms with Crippen molar-refractivity contribution in [2.75, 3.05) is 19.3 Å². The van der Waals surface area contributed by atoms with E-state index in [0.29, 0.717) is 18.0 Å². The minimum absolute atomic E-state index is 0. The number of rotatable bonds is 9. The number of nitrogens with one attached hydrogen (secondary N) is 2. The van der Waals surface area contributed by atoms with Crippen LogP contribution >= 0.6 is 24.0 Å². The van der Waals surface area contributed by atoms with Gasteiger partial charge in [0.2, 0.25) is 0 Å². The summed E-state index contributed by atoms with van der Waals surface area (Å²) >= 11 is 0. The fourth-order valence-electron chi connectivity index (χ4n) is 2.69. The number of aliphatic imine (C=N–C) groups is 1. The van der Waals surface area contributed by atoms with Gasteiger partial charge in [0, 0.05) is 19.3 Å². The van der Waals surface area contributed by atoms with Crippen LogP contribution in [0.2, 0.25) is 0 Å². The van der Waals surface area contributed by atoms with Crippen LogP contribution < -0.4 is 15.4 Å². The SMILES string of the molecule is CCNC(=NCc1ccc(OC(C)C)cc1)NCCc1ccc(S(C)(=O)=O)cc1.I. The second-order valence-electron chi connectivity index (χ2n) is 7.10. The molecule has 0 unspecified atom stereocenters. The smallest absolute Gasteiger partial charge is 0.191 e. The molecular formula is C22H32IN3O3S. The molecule has 0 saturated carbocycles. The summed E-state index contributed by atoms with van der Waals surface area (Å²) in [5.41, 5.74) is 2.18. The zero-order valence-corrected chi connectivity index (χ0v) is 21.2. The fourth-order valence-corrected chi connectivity index (χ4v) is 3.32. The van der Waals surface area contributed by atoms with Crippen molar-refractivity contribution in [3.05, 3.63) is 59.7 Å². The van der Waals surface area contributed by atoms with Crippen LogP contribution in [0.1, 0.15) is 31.9 Å². The lowest BCUT2D eigenvalue weighted by Crippen LogP contribution is -2.38. The molecular weight excluding hydrogens is 513 g/mol. The maximum Gasteiger partial charge on any atom is 0.191 e. The molecule has 2 aromatic rings. The summed E-state index contributed by atoms with van der Waals surface area (Å²) in [7, 11) is -3.16. The van der Waals surface area contributed by atoms with Gasteiger partial charge in [0.25, 0.3) is 0 Å². The Balaban J connectivity index is 0.00000450. The van der Waals surface area contributed by atoms with Gasteiger partial charge in [-0.25, -0.2) is 13.4 Å². The van der Waals surface area contributed by atoms with Crippen LogP contribution in [-0.4, -0.2) is 39.8 Å². The zero-order chi connectivity index (χ0) is 21.3. The highest BCUT2D eigenvalue weighted by Gasteiger charge is 2.06. The number of benzene rings is 2. The third kappa shape index (κ3) is 9.34. The maximum absolute atomic E-state index is 11.5. The van der Waals surface area contributed by atoms with Gasteiger partial charge in [-0.1, -0.05) is 24.3 Å². The van der Waals surface area contributed by atoms with Crippen LogP contribution in [0.5, 0.6) is 5.75 Å². The summed E-state index contributed by atoms with van der Waals surface area (Å²) in [5, 5.41) is 6.56. The molecule has 0 aliphatic heterocycles. The average molecular weight is 545 g/mol. The molecule has 0 saturated heterocycles. The zero-order valence-electron chi connectivity index (χ0n) is 18.0. The number of sulfone groups is 1. The van der Waals surface area contributed by atoms with E-state index in [1.807, 2.05) is 57.2 Å². The second kappa shape index (κ2) is 12.8. The van der Waals surface area contributed by atoms with Crippen LogP contribution in [0.3, 0.4) is 0 Å². The topological polar surface area (TPSA) is 79.8 Å². The van der Waals surface area contributed by atoms with Gasteiger partial charge in [-0.2, -0.15) is 0 Å². The molecule has 30 heavy (non-hydrogen) atoms. The van der Waals surface area contributed by atoms with E-state index in [1.54, 1.807) is 12.1 Å². The Morgan fingerprint density at radius 1 is 1.00 bits per heavy atom. The molecule has 0 fully saturated rings. The van der Waals surface area contributed by atoms with Gasteiger partial charge in [-0.3, -0.25) is 0 Å². The molecule has 2 rings (SSSR count). The number of guanidine groups is 1. The molecule has 2 N–H and O–H groups in total. The van der Waals surface area contributed by atoms with Crippen LogP contribution in [0.15, 0.2) is 58.4 Å². The van der Waals surface area contributed by atoms with Crippen molar-refractivity contribution in [1.82, 2.24) is 10.6 Å². The molecule has 0 bridgehead atoms. The van der Waals surface area contributed by atoms with Crippen molar-refractivity contribution in [3.8, 4) is 5.75 Å². The minimum atomic E-state index is -3.16. The van der Waals surface area contributed by atoms with E-state index < -0.39 is 9.84 Å². The van der Waals surface area contributed by atoms with Crippen LogP contribution in [0.25, 0.3) is 0 Å². The molecule has 0 atom stereocenters. The van der Waals surface area contributed by atoms with Crippen molar-refractivity contribution < 1.29 is 13.2 Å². The Kier molecular flexibility index (Phi) is 11.2. The maximum atomic E-state index is 11.5. The molecule has 0 aliphatic carbocycles. The van der Waals surface area contributed by atoms with Crippen molar-refractivity contribution in [1.29, 1.82) is 0 Å². The summed E-state index contributed by atoms with van der Waals surface area (Å²) in [6.07, 6.45) is 2.15. The number of ether oxygens (including phenoxy) is 1. The van der Waals surface area contributed by atoms with Crippen molar-refractivity contribution in [2.45, 2.75) is 44.7 Å². The van der Waals surface area contributed by atoms with Gasteiger partial charge in [0.15, 0.2) is 15.8 Å². The first-order valence-electron chi connectivity index (χ1n) is 9.84. The number of hydrogen-bond acceptors (Lipinski definition) is 4. The molecule has 0 spiro atoms. The third-order valence-corrected chi connectivity index (χ3v) is 5.25. The lowest BCUT2D eigenvalue weighted by Gasteiger charge is -2.12. The predicted molar refractivity (Wildman–Crippen MR) is 134 cm³/mol. The molecule has 0 aliphatic rings. The Labute approximate surface area is 197 Å². The van der Waals surface area contributed by atoms with Crippen molar-refractivity contribution in [3.63, 3.8) is 0 Å². The van der Waals surface area contributed by atoms with Gasteiger partial charge < -0.3 is 15.4 Å². The second-order valence-corrected chi connectivity index (χ2v) is 9.11. The molecule has 6 nitrogen and oxygen atoms in total. The Hall–Kier alpha value is -1.81. The van der Waals surface area contributed by atoms with E-state index in [0.717, 1.165) is 35.8 Å². The summed E-state index contributed by atoms with van der Waals surface area (Å²) in [5.74, 6) is 1.61. The minimum Gasteiger partial charge on any atom is -0.491 e. The van der Waals surface area contributed by atoms with Gasteiger partial charge >= 0.3 is 0 Å². The molecule has 0 heterocycles. The van der Waals surface area contributed by atoms with Gasteiger partial charge in [0.05, 0.1) is 17.5 Å². The monoisotopic (exact) mass is 545 g/mol. The first kappa shape index (κ1) is 26.2. The molecule has 166 valence electrons. The van der Waals surface area contributed by atoms with E-state index in [1.165, 1.54) is 6.26 Å². The number of nitrogens with zero attached hydrogens (tertiary/aromatic N) is 1. The van der Waals surface area contributed by atoms with E-state index >= 15 is 0 Å². The van der Waals surface area contributed by atoms with Crippen molar-refractivity contribution in [2.24, 2.45) is 4.99 Å². The molecule has 0 aromatic heterocycles. The van der Waals surface area contributed by atoms with Gasteiger partial charge in [0.1, 0.15) is 5.75 Å². The predicted octanol–water partition coefficient (Wildman–Crippen LogP) is 3.79. The largest absolute Gasteiger partial charge is 0.491 e. The van der Waals surface area contributed by atoms with E-state index in [2.05, 4.69) is 15.6 Å². The summed E-state index contributed by atoms with van der Waals surface area (Å²) < 4.78 is 28.7. The first-order chi connectivity index (χ1) is 13.8. The number of hydrogen-bond donors (Lipinski definition) is 2. The lowest BCUT2D eigenvalue weighted by atomic mass is 10.1. The Morgan fingerprint density at radius 2 is 1.60 bits per heavy atom. The van der Waals surface area contributed by atoms with Crippen LogP contribution in [-0.2, 0) is 22.8 Å². The molecule has 0 amide bonds. The summed E-state index contributed by atoms with van der Waals surface area (Å²) in [6.45, 7) is 8.08. The number of halogens is 1.